The van der Waals surface area contributed by atoms with Crippen LogP contribution in [0.3, 0.4) is 0 Å². The van der Waals surface area contributed by atoms with E-state index in [0.29, 0.717) is 29.3 Å². The third-order valence-corrected chi connectivity index (χ3v) is 3.89. The monoisotopic (exact) mass is 208 g/mol. The number of ether oxygens (including phenoxy) is 1. The fraction of sp³-hybridized carbons (Fsp3) is 0.909. The zero-order valence-corrected chi connectivity index (χ0v) is 9.45. The first-order valence-corrected chi connectivity index (χ1v) is 5.93. The predicted octanol–water partition coefficient (Wildman–Crippen LogP) is 0.880. The Bertz CT molecular complexity index is 249. The summed E-state index contributed by atoms with van der Waals surface area (Å²) in [7, 11) is 6.22. The van der Waals surface area contributed by atoms with E-state index in [0.717, 1.165) is 19.6 Å². The van der Waals surface area contributed by atoms with Gasteiger partial charge in [0.15, 0.2) is 0 Å². The number of piperidine rings is 3. The molecule has 3 radical (unpaired) electrons. The summed E-state index contributed by atoms with van der Waals surface area (Å²) < 4.78 is 5.68. The van der Waals surface area contributed by atoms with Crippen molar-refractivity contribution in [2.75, 3.05) is 26.2 Å². The molecule has 3 saturated heterocycles. The highest BCUT2D eigenvalue weighted by atomic mass is 16.5. The summed E-state index contributed by atoms with van der Waals surface area (Å²) in [4.78, 5) is 11.4. The fourth-order valence-electron chi connectivity index (χ4n) is 3.04. The third kappa shape index (κ3) is 2.36. The second-order valence-electron chi connectivity index (χ2n) is 4.95. The lowest BCUT2D eigenvalue weighted by atomic mass is 9.74. The molecule has 4 heteroatoms. The molecule has 0 unspecified atom stereocenters. The van der Waals surface area contributed by atoms with Gasteiger partial charge in [-0.25, -0.2) is 7.98 Å². The van der Waals surface area contributed by atoms with Crippen molar-refractivity contribution >= 4 is 14.0 Å². The number of nitrogens with zero attached hydrogens (tertiary/aromatic N) is 1. The van der Waals surface area contributed by atoms with Crippen LogP contribution < -0.4 is 0 Å². The lowest BCUT2D eigenvalue weighted by Crippen LogP contribution is -2.60. The predicted molar refractivity (Wildman–Crippen MR) is 58.1 cm³/mol. The van der Waals surface area contributed by atoms with E-state index in [1.807, 2.05) is 6.92 Å². The zero-order valence-electron chi connectivity index (χ0n) is 9.45. The molecule has 3 fully saturated rings. The van der Waals surface area contributed by atoms with Crippen LogP contribution in [0.1, 0.15) is 26.2 Å². The lowest BCUT2D eigenvalue weighted by Gasteiger charge is -2.61. The molecular weight excluding hydrogens is 189 g/mol. The zero-order chi connectivity index (χ0) is 10.9. The minimum Gasteiger partial charge on any atom is -0.588 e. The molecule has 0 amide bonds. The Kier molecular flexibility index (Phi) is 3.05. The van der Waals surface area contributed by atoms with Gasteiger partial charge in [0, 0.05) is 25.6 Å². The summed E-state index contributed by atoms with van der Waals surface area (Å²) in [5, 5.41) is 0. The summed E-state index contributed by atoms with van der Waals surface area (Å²) in [5.74, 6) is 1.11. The summed E-state index contributed by atoms with van der Waals surface area (Å²) in [6, 6.07) is 0. The van der Waals surface area contributed by atoms with Gasteiger partial charge in [-0.3, -0.25) is 4.79 Å². The van der Waals surface area contributed by atoms with E-state index in [1.165, 1.54) is 12.8 Å². The highest BCUT2D eigenvalue weighted by molar-refractivity contribution is 5.97. The SMILES string of the molecule is [B-][N+]12CCC(CC1)[C@H](CC(=O)OCC)C2. The van der Waals surface area contributed by atoms with Crippen molar-refractivity contribution in [1.82, 2.24) is 0 Å². The fourth-order valence-corrected chi connectivity index (χ4v) is 3.04. The molecule has 3 aliphatic rings. The number of rotatable bonds is 3. The number of quaternary nitrogens is 1. The average molecular weight is 208 g/mol. The molecule has 3 rings (SSSR count). The van der Waals surface area contributed by atoms with Crippen molar-refractivity contribution < 1.29 is 13.9 Å². The Morgan fingerprint density at radius 1 is 1.47 bits per heavy atom. The maximum absolute atomic E-state index is 11.4. The van der Waals surface area contributed by atoms with Gasteiger partial charge in [0.1, 0.15) is 0 Å². The minimum atomic E-state index is -0.0529. The average Bonchev–Trinajstić information content (AvgIpc) is 2.18. The van der Waals surface area contributed by atoms with Crippen LogP contribution in [0.2, 0.25) is 0 Å². The van der Waals surface area contributed by atoms with E-state index in [-0.39, 0.29) is 5.97 Å². The first kappa shape index (κ1) is 11.0. The molecular formula is C11H19BNO2. The first-order valence-electron chi connectivity index (χ1n) is 5.93. The quantitative estimate of drug-likeness (QED) is 0.508. The van der Waals surface area contributed by atoms with Crippen molar-refractivity contribution in [1.29, 1.82) is 0 Å². The van der Waals surface area contributed by atoms with E-state index < -0.39 is 0 Å². The van der Waals surface area contributed by atoms with Crippen LogP contribution in [0.15, 0.2) is 0 Å². The molecule has 3 heterocycles. The van der Waals surface area contributed by atoms with Crippen molar-refractivity contribution in [2.45, 2.75) is 26.2 Å². The molecule has 0 aliphatic carbocycles. The Morgan fingerprint density at radius 2 is 2.13 bits per heavy atom. The van der Waals surface area contributed by atoms with Gasteiger partial charge >= 0.3 is 5.97 Å². The second-order valence-corrected chi connectivity index (χ2v) is 4.95. The van der Waals surface area contributed by atoms with Gasteiger partial charge in [0.25, 0.3) is 0 Å². The molecule has 3 aliphatic heterocycles. The van der Waals surface area contributed by atoms with E-state index in [2.05, 4.69) is 0 Å². The third-order valence-electron chi connectivity index (χ3n) is 3.89. The van der Waals surface area contributed by atoms with Crippen molar-refractivity contribution in [2.24, 2.45) is 11.8 Å². The van der Waals surface area contributed by atoms with Crippen LogP contribution >= 0.6 is 0 Å². The molecule has 15 heavy (non-hydrogen) atoms. The lowest BCUT2D eigenvalue weighted by molar-refractivity contribution is -0.841. The van der Waals surface area contributed by atoms with Crippen molar-refractivity contribution in [3.63, 3.8) is 0 Å². The summed E-state index contributed by atoms with van der Waals surface area (Å²) in [6.07, 6.45) is 2.93. The van der Waals surface area contributed by atoms with Gasteiger partial charge in [-0.05, 0) is 25.7 Å². The van der Waals surface area contributed by atoms with Crippen LogP contribution in [-0.2, 0) is 9.53 Å². The molecule has 0 aromatic heterocycles. The first-order chi connectivity index (χ1) is 7.13. The van der Waals surface area contributed by atoms with Crippen LogP contribution in [0.25, 0.3) is 0 Å². The van der Waals surface area contributed by atoms with Gasteiger partial charge < -0.3 is 9.13 Å². The maximum Gasteiger partial charge on any atom is 0.306 e. The van der Waals surface area contributed by atoms with Crippen LogP contribution in [0.4, 0.5) is 0 Å². The van der Waals surface area contributed by atoms with Gasteiger partial charge in [0.2, 0.25) is 0 Å². The summed E-state index contributed by atoms with van der Waals surface area (Å²) in [6.45, 7) is 5.47. The van der Waals surface area contributed by atoms with Gasteiger partial charge in [0.05, 0.1) is 13.0 Å². The summed E-state index contributed by atoms with van der Waals surface area (Å²) in [5.41, 5.74) is 0. The number of fused-ring (bicyclic) bond motifs is 3. The number of esters is 1. The Morgan fingerprint density at radius 3 is 2.67 bits per heavy atom. The smallest absolute Gasteiger partial charge is 0.306 e. The molecule has 0 N–H and O–H groups in total. The largest absolute Gasteiger partial charge is 0.588 e. The van der Waals surface area contributed by atoms with Gasteiger partial charge in [-0.1, -0.05) is 0 Å². The van der Waals surface area contributed by atoms with Crippen molar-refractivity contribution in [3.8, 4) is 0 Å². The van der Waals surface area contributed by atoms with E-state index in [4.69, 9.17) is 12.7 Å². The second kappa shape index (κ2) is 4.16. The maximum atomic E-state index is 11.4. The van der Waals surface area contributed by atoms with Crippen molar-refractivity contribution in [3.05, 3.63) is 0 Å². The van der Waals surface area contributed by atoms with Crippen LogP contribution in [0, 0.1) is 11.8 Å². The van der Waals surface area contributed by atoms with E-state index >= 15 is 0 Å². The minimum absolute atomic E-state index is 0.0529. The van der Waals surface area contributed by atoms with E-state index in [9.17, 15) is 4.79 Å². The molecule has 2 bridgehead atoms. The number of hydrogen-bond acceptors (Lipinski definition) is 2. The molecule has 0 aromatic carbocycles. The van der Waals surface area contributed by atoms with Gasteiger partial charge in [-0.15, -0.1) is 0 Å². The normalized spacial score (nSPS) is 39.1. The van der Waals surface area contributed by atoms with Gasteiger partial charge in [-0.2, -0.15) is 0 Å². The highest BCUT2D eigenvalue weighted by Crippen LogP contribution is 2.37. The number of carbonyl (C=O) groups is 1. The topological polar surface area (TPSA) is 26.3 Å². The van der Waals surface area contributed by atoms with E-state index in [1.54, 1.807) is 0 Å². The molecule has 1 atom stereocenters. The standard InChI is InChI=1S/C11H19BNO2/c1-2-15-11(14)7-10-8-13(12)5-3-9(10)4-6-13/h9-10H,2-8H2,1H3/t9?,10-,13?/m1/s1. The van der Waals surface area contributed by atoms with Crippen LogP contribution in [-0.4, -0.2) is 44.6 Å². The molecule has 83 valence electrons. The Balaban J connectivity index is 1.91. The number of hydrogen-bond donors (Lipinski definition) is 0. The highest BCUT2D eigenvalue weighted by Gasteiger charge is 2.38. The molecule has 0 aromatic rings. The Hall–Kier alpha value is -0.505. The van der Waals surface area contributed by atoms with Crippen LogP contribution in [0.5, 0.6) is 0 Å². The molecule has 0 saturated carbocycles. The summed E-state index contributed by atoms with van der Waals surface area (Å²) >= 11 is 0. The number of carbonyl (C=O) groups excluding carboxylic acids is 1. The Labute approximate surface area is 92.8 Å². The molecule has 0 spiro atoms. The molecule has 3 nitrogen and oxygen atoms in total.